The molecule has 0 aliphatic carbocycles. The largest absolute Gasteiger partial charge is 0.308 e. The van der Waals surface area contributed by atoms with Crippen molar-refractivity contribution in [2.24, 2.45) is 7.05 Å². The van der Waals surface area contributed by atoms with Crippen molar-refractivity contribution in [3.05, 3.63) is 52.1 Å². The number of hydrogen-bond donors (Lipinski definition) is 1. The van der Waals surface area contributed by atoms with E-state index in [1.165, 1.54) is 12.1 Å². The highest BCUT2D eigenvalue weighted by Gasteiger charge is 2.17. The van der Waals surface area contributed by atoms with Gasteiger partial charge in [-0.2, -0.15) is 5.10 Å². The van der Waals surface area contributed by atoms with E-state index in [0.29, 0.717) is 11.4 Å². The predicted molar refractivity (Wildman–Crippen MR) is 84.1 cm³/mol. The first kappa shape index (κ1) is 16.0. The van der Waals surface area contributed by atoms with Crippen LogP contribution in [0.25, 0.3) is 0 Å². The maximum atomic E-state index is 13.4. The van der Waals surface area contributed by atoms with Gasteiger partial charge in [-0.15, -0.1) is 0 Å². The van der Waals surface area contributed by atoms with Gasteiger partial charge in [0, 0.05) is 12.1 Å². The number of nitrogens with zero attached hydrogens (tertiary/aromatic N) is 2. The number of halogens is 2. The zero-order chi connectivity index (χ0) is 15.4. The molecule has 3 nitrogen and oxygen atoms in total. The smallest absolute Gasteiger partial charge is 0.123 e. The van der Waals surface area contributed by atoms with Crippen molar-refractivity contribution in [1.29, 1.82) is 0 Å². The fraction of sp³-hybridized carbons (Fsp3) is 0.438. The van der Waals surface area contributed by atoms with Crippen LogP contribution in [0.3, 0.4) is 0 Å². The van der Waals surface area contributed by atoms with Crippen LogP contribution in [0.1, 0.15) is 36.3 Å². The molecule has 0 bridgehead atoms. The van der Waals surface area contributed by atoms with Crippen molar-refractivity contribution in [3.8, 4) is 0 Å². The van der Waals surface area contributed by atoms with E-state index in [0.717, 1.165) is 29.9 Å². The number of benzene rings is 1. The van der Waals surface area contributed by atoms with Gasteiger partial charge in [0.05, 0.1) is 17.4 Å². The molecule has 0 aliphatic rings. The fourth-order valence-corrected chi connectivity index (χ4v) is 2.67. The molecule has 2 rings (SSSR count). The lowest BCUT2D eigenvalue weighted by Crippen LogP contribution is -2.26. The lowest BCUT2D eigenvalue weighted by Gasteiger charge is -2.19. The summed E-state index contributed by atoms with van der Waals surface area (Å²) in [6.45, 7) is 4.98. The van der Waals surface area contributed by atoms with Gasteiger partial charge in [-0.3, -0.25) is 4.68 Å². The van der Waals surface area contributed by atoms with E-state index >= 15 is 0 Å². The van der Waals surface area contributed by atoms with Crippen LogP contribution in [-0.2, 0) is 13.5 Å². The molecule has 0 spiro atoms. The minimum atomic E-state index is -0.259. The van der Waals surface area contributed by atoms with Crippen LogP contribution in [0.5, 0.6) is 0 Å². The number of hydrogen-bond acceptors (Lipinski definition) is 2. The van der Waals surface area contributed by atoms with E-state index in [9.17, 15) is 4.39 Å². The molecular weight excluding hydrogens is 289 g/mol. The molecule has 1 atom stereocenters. The van der Waals surface area contributed by atoms with Crippen molar-refractivity contribution < 1.29 is 4.39 Å². The average Bonchev–Trinajstić information content (AvgIpc) is 2.77. The van der Waals surface area contributed by atoms with Crippen LogP contribution in [-0.4, -0.2) is 16.3 Å². The molecule has 0 aliphatic heterocycles. The molecule has 0 saturated heterocycles. The monoisotopic (exact) mass is 309 g/mol. The average molecular weight is 310 g/mol. The second kappa shape index (κ2) is 7.05. The highest BCUT2D eigenvalue weighted by molar-refractivity contribution is 6.31. The Morgan fingerprint density at radius 1 is 1.38 bits per heavy atom. The summed E-state index contributed by atoms with van der Waals surface area (Å²) in [6.07, 6.45) is 1.67. The molecule has 0 amide bonds. The summed E-state index contributed by atoms with van der Waals surface area (Å²) in [7, 11) is 1.93. The summed E-state index contributed by atoms with van der Waals surface area (Å²) in [4.78, 5) is 0. The second-order valence-corrected chi connectivity index (χ2v) is 5.69. The van der Waals surface area contributed by atoms with E-state index in [4.69, 9.17) is 11.6 Å². The molecule has 1 unspecified atom stereocenters. The highest BCUT2D eigenvalue weighted by Crippen LogP contribution is 2.24. The first-order valence-corrected chi connectivity index (χ1v) is 7.57. The lowest BCUT2D eigenvalue weighted by atomic mass is 10.0. The van der Waals surface area contributed by atoms with Crippen molar-refractivity contribution >= 4 is 11.6 Å². The lowest BCUT2D eigenvalue weighted by molar-refractivity contribution is 0.492. The van der Waals surface area contributed by atoms with Crippen molar-refractivity contribution in [2.45, 2.75) is 32.7 Å². The molecule has 2 aromatic rings. The Bertz CT molecular complexity index is 610. The zero-order valence-corrected chi connectivity index (χ0v) is 13.4. The minimum Gasteiger partial charge on any atom is -0.308 e. The van der Waals surface area contributed by atoms with E-state index in [1.54, 1.807) is 6.07 Å². The Kier molecular flexibility index (Phi) is 5.37. The normalized spacial score (nSPS) is 12.6. The van der Waals surface area contributed by atoms with Crippen LogP contribution in [0, 0.1) is 12.7 Å². The van der Waals surface area contributed by atoms with Crippen molar-refractivity contribution in [1.82, 2.24) is 15.1 Å². The first-order valence-electron chi connectivity index (χ1n) is 7.19. The second-order valence-electron chi connectivity index (χ2n) is 5.28. The van der Waals surface area contributed by atoms with Gasteiger partial charge >= 0.3 is 0 Å². The van der Waals surface area contributed by atoms with E-state index in [-0.39, 0.29) is 11.9 Å². The van der Waals surface area contributed by atoms with Gasteiger partial charge in [0.25, 0.3) is 0 Å². The van der Waals surface area contributed by atoms with Crippen LogP contribution < -0.4 is 5.32 Å². The van der Waals surface area contributed by atoms with Crippen LogP contribution in [0.4, 0.5) is 4.39 Å². The molecular formula is C16H21ClFN3. The van der Waals surface area contributed by atoms with Gasteiger partial charge in [-0.1, -0.05) is 18.5 Å². The van der Waals surface area contributed by atoms with Crippen LogP contribution in [0.15, 0.2) is 24.3 Å². The quantitative estimate of drug-likeness (QED) is 0.879. The van der Waals surface area contributed by atoms with Gasteiger partial charge in [0.1, 0.15) is 5.82 Å². The maximum absolute atomic E-state index is 13.4. The predicted octanol–water partition coefficient (Wildman–Crippen LogP) is 3.80. The van der Waals surface area contributed by atoms with E-state index < -0.39 is 0 Å². The molecule has 21 heavy (non-hydrogen) atoms. The summed E-state index contributed by atoms with van der Waals surface area (Å²) in [5.74, 6) is -0.259. The summed E-state index contributed by atoms with van der Waals surface area (Å²) >= 11 is 6.19. The standard InChI is InChI=1S/C16H21ClFN3/c1-4-7-19-15(16-8-11(2)20-21(16)3)10-12-9-13(18)5-6-14(12)17/h5-6,8-9,15,19H,4,7,10H2,1-3H3. The van der Waals surface area contributed by atoms with Crippen LogP contribution in [0.2, 0.25) is 5.02 Å². The highest BCUT2D eigenvalue weighted by atomic mass is 35.5. The third-order valence-corrected chi connectivity index (χ3v) is 3.84. The minimum absolute atomic E-state index is 0.0652. The van der Waals surface area contributed by atoms with Crippen molar-refractivity contribution in [2.75, 3.05) is 6.54 Å². The Morgan fingerprint density at radius 2 is 2.14 bits per heavy atom. The molecule has 1 heterocycles. The molecule has 1 aromatic heterocycles. The van der Waals surface area contributed by atoms with Gasteiger partial charge in [0.2, 0.25) is 0 Å². The molecule has 114 valence electrons. The van der Waals surface area contributed by atoms with E-state index in [1.807, 2.05) is 18.7 Å². The number of aromatic nitrogens is 2. The Hall–Kier alpha value is -1.39. The molecule has 1 N–H and O–H groups in total. The number of rotatable bonds is 6. The summed E-state index contributed by atoms with van der Waals surface area (Å²) < 4.78 is 15.3. The number of aryl methyl sites for hydroxylation is 2. The molecule has 5 heteroatoms. The molecule has 0 fully saturated rings. The van der Waals surface area contributed by atoms with Gasteiger partial charge in [-0.25, -0.2) is 4.39 Å². The van der Waals surface area contributed by atoms with Gasteiger partial charge in [0.15, 0.2) is 0 Å². The summed E-state index contributed by atoms with van der Waals surface area (Å²) in [5.41, 5.74) is 2.87. The Labute approximate surface area is 130 Å². The van der Waals surface area contributed by atoms with Crippen LogP contribution >= 0.6 is 11.6 Å². The summed E-state index contributed by atoms with van der Waals surface area (Å²) in [5, 5.41) is 8.48. The van der Waals surface area contributed by atoms with Crippen molar-refractivity contribution in [3.63, 3.8) is 0 Å². The topological polar surface area (TPSA) is 29.9 Å². The van der Waals surface area contributed by atoms with Gasteiger partial charge in [-0.05, 0) is 56.1 Å². The Balaban J connectivity index is 2.28. The third-order valence-electron chi connectivity index (χ3n) is 3.47. The van der Waals surface area contributed by atoms with Gasteiger partial charge < -0.3 is 5.32 Å². The molecule has 0 saturated carbocycles. The molecule has 1 aromatic carbocycles. The van der Waals surface area contributed by atoms with E-state index in [2.05, 4.69) is 23.4 Å². The maximum Gasteiger partial charge on any atom is 0.123 e. The Morgan fingerprint density at radius 3 is 2.76 bits per heavy atom. The fourth-order valence-electron chi connectivity index (χ4n) is 2.48. The number of nitrogens with one attached hydrogen (secondary N) is 1. The third kappa shape index (κ3) is 4.05. The SMILES string of the molecule is CCCNC(Cc1cc(F)ccc1Cl)c1cc(C)nn1C. The molecule has 0 radical (unpaired) electrons. The zero-order valence-electron chi connectivity index (χ0n) is 12.7. The first-order chi connectivity index (χ1) is 10.0. The summed E-state index contributed by atoms with van der Waals surface area (Å²) in [6, 6.07) is 6.62.